The first-order chi connectivity index (χ1) is 8.99. The fraction of sp³-hybridized carbons (Fsp3) is 0.455. The lowest BCUT2D eigenvalue weighted by atomic mass is 10.2. The molecule has 1 aromatic heterocycles. The Morgan fingerprint density at radius 3 is 2.95 bits per heavy atom. The van der Waals surface area contributed by atoms with Gasteiger partial charge in [0.2, 0.25) is 0 Å². The smallest absolute Gasteiger partial charge is 0.300 e. The van der Waals surface area contributed by atoms with Crippen molar-refractivity contribution < 1.29 is 14.8 Å². The van der Waals surface area contributed by atoms with E-state index in [1.165, 1.54) is 0 Å². The van der Waals surface area contributed by atoms with E-state index in [4.69, 9.17) is 11.6 Å². The number of aromatic nitrogens is 1. The summed E-state index contributed by atoms with van der Waals surface area (Å²) in [5.74, 6) is -0.424. The van der Waals surface area contributed by atoms with Crippen molar-refractivity contribution in [2.24, 2.45) is 5.92 Å². The van der Waals surface area contributed by atoms with Gasteiger partial charge in [-0.3, -0.25) is 14.9 Å². The summed E-state index contributed by atoms with van der Waals surface area (Å²) in [7, 11) is 0. The van der Waals surface area contributed by atoms with Gasteiger partial charge in [0, 0.05) is 6.54 Å². The summed E-state index contributed by atoms with van der Waals surface area (Å²) in [6.45, 7) is 0.0700. The van der Waals surface area contributed by atoms with Crippen molar-refractivity contribution in [3.8, 4) is 0 Å². The van der Waals surface area contributed by atoms with E-state index in [1.54, 1.807) is 0 Å². The van der Waals surface area contributed by atoms with Gasteiger partial charge in [-0.1, -0.05) is 11.6 Å². The van der Waals surface area contributed by atoms with Crippen molar-refractivity contribution in [1.82, 2.24) is 10.3 Å². The lowest BCUT2D eigenvalue weighted by Gasteiger charge is -2.10. The number of aliphatic hydroxyl groups is 1. The number of aliphatic hydroxyl groups excluding tert-OH is 1. The zero-order valence-electron chi connectivity index (χ0n) is 9.88. The summed E-state index contributed by atoms with van der Waals surface area (Å²) in [6, 6.07) is 1.14. The van der Waals surface area contributed by atoms with E-state index >= 15 is 0 Å². The number of carbonyl (C=O) groups is 1. The molecule has 1 atom stereocenters. The molecule has 1 fully saturated rings. The maximum Gasteiger partial charge on any atom is 0.300 e. The summed E-state index contributed by atoms with van der Waals surface area (Å²) >= 11 is 5.63. The summed E-state index contributed by atoms with van der Waals surface area (Å²) in [4.78, 5) is 25.5. The van der Waals surface area contributed by atoms with Crippen molar-refractivity contribution in [1.29, 1.82) is 0 Å². The first kappa shape index (κ1) is 13.7. The molecule has 0 aromatic carbocycles. The van der Waals surface area contributed by atoms with Crippen LogP contribution in [-0.4, -0.2) is 33.6 Å². The molecule has 1 aromatic rings. The minimum atomic E-state index is -0.699. The highest BCUT2D eigenvalue weighted by atomic mass is 35.5. The molecule has 0 aliphatic heterocycles. The average Bonchev–Trinajstić information content (AvgIpc) is 3.19. The predicted octanol–water partition coefficient (Wildman–Crippen LogP) is 1.14. The predicted molar refractivity (Wildman–Crippen MR) is 67.0 cm³/mol. The lowest BCUT2D eigenvalue weighted by Crippen LogP contribution is -2.33. The zero-order valence-corrected chi connectivity index (χ0v) is 10.6. The summed E-state index contributed by atoms with van der Waals surface area (Å²) in [5.41, 5.74) is -0.573. The van der Waals surface area contributed by atoms with Gasteiger partial charge >= 0.3 is 0 Å². The van der Waals surface area contributed by atoms with Gasteiger partial charge < -0.3 is 10.4 Å². The molecule has 0 radical (unpaired) electrons. The second-order valence-corrected chi connectivity index (χ2v) is 4.78. The first-order valence-corrected chi connectivity index (χ1v) is 6.13. The molecule has 102 valence electrons. The number of nitrogens with zero attached hydrogens (tertiary/aromatic N) is 2. The fourth-order valence-corrected chi connectivity index (χ4v) is 1.85. The van der Waals surface area contributed by atoms with Gasteiger partial charge in [0.1, 0.15) is 16.9 Å². The fourth-order valence-electron chi connectivity index (χ4n) is 1.69. The Bertz CT molecular complexity index is 519. The number of amides is 1. The molecule has 7 nitrogen and oxygen atoms in total. The van der Waals surface area contributed by atoms with Crippen molar-refractivity contribution in [3.05, 3.63) is 33.1 Å². The lowest BCUT2D eigenvalue weighted by molar-refractivity contribution is -0.385. The average molecular weight is 286 g/mol. The molecule has 0 bridgehead atoms. The van der Waals surface area contributed by atoms with E-state index < -0.39 is 22.6 Å². The van der Waals surface area contributed by atoms with E-state index in [0.717, 1.165) is 25.1 Å². The Kier molecular flexibility index (Phi) is 3.96. The van der Waals surface area contributed by atoms with Crippen LogP contribution in [0.2, 0.25) is 5.15 Å². The van der Waals surface area contributed by atoms with E-state index in [-0.39, 0.29) is 23.2 Å². The van der Waals surface area contributed by atoms with Gasteiger partial charge in [0.05, 0.1) is 11.0 Å². The molecule has 2 rings (SSSR count). The van der Waals surface area contributed by atoms with E-state index in [2.05, 4.69) is 10.3 Å². The summed E-state index contributed by atoms with van der Waals surface area (Å²) in [5, 5.41) is 22.9. The third kappa shape index (κ3) is 3.39. The molecule has 0 spiro atoms. The Hall–Kier alpha value is -1.73. The number of halogens is 1. The van der Waals surface area contributed by atoms with Crippen molar-refractivity contribution in [2.75, 3.05) is 6.54 Å². The Morgan fingerprint density at radius 1 is 1.68 bits per heavy atom. The molecule has 1 aliphatic rings. The number of pyridine rings is 1. The molecule has 1 amide bonds. The van der Waals surface area contributed by atoms with Crippen LogP contribution in [0.5, 0.6) is 0 Å². The van der Waals surface area contributed by atoms with Crippen LogP contribution in [0.15, 0.2) is 12.3 Å². The molecule has 1 heterocycles. The zero-order chi connectivity index (χ0) is 14.0. The molecule has 8 heteroatoms. The summed E-state index contributed by atoms with van der Waals surface area (Å²) < 4.78 is 0. The number of nitrogens with one attached hydrogen (secondary N) is 1. The van der Waals surface area contributed by atoms with E-state index in [0.29, 0.717) is 0 Å². The quantitative estimate of drug-likeness (QED) is 0.479. The van der Waals surface area contributed by atoms with E-state index in [9.17, 15) is 20.0 Å². The Morgan fingerprint density at radius 2 is 2.37 bits per heavy atom. The van der Waals surface area contributed by atoms with Crippen molar-refractivity contribution in [3.63, 3.8) is 0 Å². The van der Waals surface area contributed by atoms with Crippen LogP contribution in [0, 0.1) is 16.0 Å². The standard InChI is InChI=1S/C11H12ClN3O4/c12-10-3-7(8(4-13-10)15(18)19)11(17)14-5-9(16)6-1-2-6/h3-4,6,9,16H,1-2,5H2,(H,14,17). The van der Waals surface area contributed by atoms with E-state index in [1.807, 2.05) is 0 Å². The topological polar surface area (TPSA) is 105 Å². The third-order valence-corrected chi connectivity index (χ3v) is 3.14. The highest BCUT2D eigenvalue weighted by molar-refractivity contribution is 6.29. The van der Waals surface area contributed by atoms with Crippen molar-refractivity contribution >= 4 is 23.2 Å². The molecule has 0 saturated heterocycles. The normalized spacial score (nSPS) is 15.9. The van der Waals surface area contributed by atoms with Crippen LogP contribution < -0.4 is 5.32 Å². The molecule has 2 N–H and O–H groups in total. The van der Waals surface area contributed by atoms with Crippen LogP contribution >= 0.6 is 11.6 Å². The Balaban J connectivity index is 2.08. The second-order valence-electron chi connectivity index (χ2n) is 4.40. The van der Waals surface area contributed by atoms with Gasteiger partial charge in [-0.05, 0) is 24.8 Å². The van der Waals surface area contributed by atoms with Gasteiger partial charge in [0.25, 0.3) is 11.6 Å². The Labute approximate surface area is 113 Å². The molecule has 1 saturated carbocycles. The highest BCUT2D eigenvalue weighted by Gasteiger charge is 2.30. The second kappa shape index (κ2) is 5.50. The molecule has 19 heavy (non-hydrogen) atoms. The SMILES string of the molecule is O=C(NCC(O)C1CC1)c1cc(Cl)ncc1[N+](=O)[O-]. The number of rotatable bonds is 5. The number of hydrogen-bond acceptors (Lipinski definition) is 5. The summed E-state index contributed by atoms with van der Waals surface area (Å²) in [6.07, 6.45) is 2.21. The highest BCUT2D eigenvalue weighted by Crippen LogP contribution is 2.32. The maximum atomic E-state index is 11.9. The van der Waals surface area contributed by atoms with Crippen molar-refractivity contribution in [2.45, 2.75) is 18.9 Å². The van der Waals surface area contributed by atoms with Gasteiger partial charge in [-0.2, -0.15) is 0 Å². The minimum absolute atomic E-state index is 0.00140. The van der Waals surface area contributed by atoms with Crippen LogP contribution in [0.4, 0.5) is 5.69 Å². The van der Waals surface area contributed by atoms with Crippen LogP contribution in [0.3, 0.4) is 0 Å². The van der Waals surface area contributed by atoms with Crippen LogP contribution in [-0.2, 0) is 0 Å². The first-order valence-electron chi connectivity index (χ1n) is 5.75. The maximum absolute atomic E-state index is 11.9. The molecular formula is C11H12ClN3O4. The largest absolute Gasteiger partial charge is 0.391 e. The number of nitro groups is 1. The number of carbonyl (C=O) groups excluding carboxylic acids is 1. The molecular weight excluding hydrogens is 274 g/mol. The van der Waals surface area contributed by atoms with Crippen LogP contribution in [0.1, 0.15) is 23.2 Å². The number of hydrogen-bond donors (Lipinski definition) is 2. The van der Waals surface area contributed by atoms with Gasteiger partial charge in [0.15, 0.2) is 0 Å². The van der Waals surface area contributed by atoms with Gasteiger partial charge in [-0.25, -0.2) is 4.98 Å². The minimum Gasteiger partial charge on any atom is -0.391 e. The van der Waals surface area contributed by atoms with Gasteiger partial charge in [-0.15, -0.1) is 0 Å². The molecule has 1 aliphatic carbocycles. The monoisotopic (exact) mass is 285 g/mol. The third-order valence-electron chi connectivity index (χ3n) is 2.93. The van der Waals surface area contributed by atoms with Crippen LogP contribution in [0.25, 0.3) is 0 Å². The molecule has 1 unspecified atom stereocenters.